The standard InChI is InChI=1S/C27H32N2O5SSe/c1-6-20(16-27-28(7-2)22-14-19(4)24(33-5)17-25(22)36-27)15-26-29(11-8-12-35(30,31)32)21-13-18(3)9-10-23(21)34-26/h9-10,13-17H,6-8,11-12H2,1-5H3/p+1. The number of allylic oxidation sites excluding steroid dienone is 2. The zero-order chi connectivity index (χ0) is 26.0. The fourth-order valence-electron chi connectivity index (χ4n) is 4.40. The van der Waals surface area contributed by atoms with E-state index in [9.17, 15) is 13.0 Å². The molecule has 0 unspecified atom stereocenters. The molecule has 0 radical (unpaired) electrons. The molecule has 4 rings (SSSR count). The molecule has 3 aromatic rings. The van der Waals surface area contributed by atoms with Gasteiger partial charge in [0.25, 0.3) is 0 Å². The number of hydrogen-bond donors (Lipinski definition) is 1. The molecule has 0 amide bonds. The van der Waals surface area contributed by atoms with E-state index in [0.29, 0.717) is 18.8 Å². The Bertz CT molecular complexity index is 1460. The minimum atomic E-state index is -4.02. The van der Waals surface area contributed by atoms with Gasteiger partial charge in [-0.2, -0.15) is 0 Å². The molecule has 0 spiro atoms. The van der Waals surface area contributed by atoms with Crippen LogP contribution in [0.2, 0.25) is 0 Å². The van der Waals surface area contributed by atoms with Crippen molar-refractivity contribution >= 4 is 46.2 Å². The summed E-state index contributed by atoms with van der Waals surface area (Å²) in [6.07, 6.45) is 5.41. The first-order chi connectivity index (χ1) is 17.1. The number of rotatable bonds is 9. The van der Waals surface area contributed by atoms with Crippen molar-refractivity contribution in [2.75, 3.05) is 24.3 Å². The SMILES string of the molecule is CCC(/C=C1\Oc2ccc(C)cc2N1CCCS(=O)(=O)O)=C\c1[se]c2cc(OC)c(C)cc2[n+]1CC. The summed E-state index contributed by atoms with van der Waals surface area (Å²) in [6, 6.07) is 10.3. The number of aryl methyl sites for hydroxylation is 3. The number of anilines is 1. The molecule has 0 saturated heterocycles. The predicted octanol–water partition coefficient (Wildman–Crippen LogP) is 4.64. The van der Waals surface area contributed by atoms with Crippen molar-refractivity contribution in [3.8, 4) is 11.5 Å². The molecule has 0 atom stereocenters. The van der Waals surface area contributed by atoms with Gasteiger partial charge in [0.2, 0.25) is 0 Å². The van der Waals surface area contributed by atoms with Crippen LogP contribution in [0.4, 0.5) is 5.69 Å². The van der Waals surface area contributed by atoms with Crippen LogP contribution in [-0.4, -0.2) is 46.9 Å². The van der Waals surface area contributed by atoms with E-state index in [4.69, 9.17) is 9.47 Å². The maximum atomic E-state index is 11.3. The molecule has 0 saturated carbocycles. The minimum absolute atomic E-state index is 0.150. The van der Waals surface area contributed by atoms with Crippen LogP contribution in [0.1, 0.15) is 42.4 Å². The third-order valence-electron chi connectivity index (χ3n) is 6.26. The number of hydrogen-bond acceptors (Lipinski definition) is 5. The molecule has 0 fully saturated rings. The topological polar surface area (TPSA) is 80.0 Å². The van der Waals surface area contributed by atoms with E-state index in [1.165, 1.54) is 14.3 Å². The Morgan fingerprint density at radius 3 is 2.67 bits per heavy atom. The zero-order valence-electron chi connectivity index (χ0n) is 21.4. The van der Waals surface area contributed by atoms with E-state index in [1.54, 1.807) is 7.11 Å². The van der Waals surface area contributed by atoms with Crippen LogP contribution in [0.15, 0.2) is 47.9 Å². The second-order valence-corrected chi connectivity index (χ2v) is 12.7. The van der Waals surface area contributed by atoms with Crippen LogP contribution in [0, 0.1) is 13.8 Å². The van der Waals surface area contributed by atoms with Crippen LogP contribution in [0.3, 0.4) is 0 Å². The normalized spacial score (nSPS) is 15.0. The Kier molecular flexibility index (Phi) is 7.95. The summed E-state index contributed by atoms with van der Waals surface area (Å²) in [5.41, 5.74) is 5.51. The van der Waals surface area contributed by atoms with E-state index in [2.05, 4.69) is 49.6 Å². The second-order valence-electron chi connectivity index (χ2n) is 8.89. The summed E-state index contributed by atoms with van der Waals surface area (Å²) in [6.45, 7) is 9.68. The Morgan fingerprint density at radius 1 is 1.22 bits per heavy atom. The van der Waals surface area contributed by atoms with Gasteiger partial charge < -0.3 is 0 Å². The maximum absolute atomic E-state index is 11.3. The first-order valence-corrected chi connectivity index (χ1v) is 15.4. The second kappa shape index (κ2) is 10.8. The van der Waals surface area contributed by atoms with Gasteiger partial charge in [0, 0.05) is 0 Å². The number of ether oxygens (including phenoxy) is 2. The van der Waals surface area contributed by atoms with Gasteiger partial charge in [-0.3, -0.25) is 0 Å². The Balaban J connectivity index is 1.72. The molecule has 2 aromatic carbocycles. The van der Waals surface area contributed by atoms with Crippen LogP contribution < -0.4 is 18.9 Å². The average Bonchev–Trinajstić information content (AvgIpc) is 3.33. The molecule has 36 heavy (non-hydrogen) atoms. The summed E-state index contributed by atoms with van der Waals surface area (Å²) in [4.78, 5) is 2.00. The van der Waals surface area contributed by atoms with Gasteiger partial charge in [-0.15, -0.1) is 0 Å². The van der Waals surface area contributed by atoms with E-state index in [0.717, 1.165) is 46.9 Å². The average molecular weight is 577 g/mol. The van der Waals surface area contributed by atoms with Crippen LogP contribution in [0.25, 0.3) is 15.9 Å². The zero-order valence-corrected chi connectivity index (χ0v) is 23.9. The molecule has 1 aromatic heterocycles. The van der Waals surface area contributed by atoms with Crippen LogP contribution in [0.5, 0.6) is 11.5 Å². The van der Waals surface area contributed by atoms with Crippen molar-refractivity contribution in [3.63, 3.8) is 0 Å². The number of fused-ring (bicyclic) bond motifs is 2. The number of benzene rings is 2. The van der Waals surface area contributed by atoms with Crippen molar-refractivity contribution in [1.82, 2.24) is 0 Å². The van der Waals surface area contributed by atoms with Crippen molar-refractivity contribution in [3.05, 3.63) is 63.6 Å². The molecule has 1 aliphatic heterocycles. The van der Waals surface area contributed by atoms with E-state index in [1.807, 2.05) is 30.0 Å². The van der Waals surface area contributed by atoms with Crippen molar-refractivity contribution in [1.29, 1.82) is 0 Å². The Hall–Kier alpha value is -2.58. The molecule has 1 aliphatic rings. The van der Waals surface area contributed by atoms with E-state index >= 15 is 0 Å². The van der Waals surface area contributed by atoms with Gasteiger partial charge in [0.15, 0.2) is 0 Å². The van der Waals surface area contributed by atoms with Crippen molar-refractivity contribution in [2.24, 2.45) is 0 Å². The van der Waals surface area contributed by atoms with Gasteiger partial charge in [-0.05, 0) is 0 Å². The van der Waals surface area contributed by atoms with Gasteiger partial charge in [0.1, 0.15) is 0 Å². The summed E-state index contributed by atoms with van der Waals surface area (Å²) in [5, 5.41) is 0. The first-order valence-electron chi connectivity index (χ1n) is 12.1. The number of aromatic nitrogens is 1. The molecular formula is C27H33N2O5SSe+. The van der Waals surface area contributed by atoms with Gasteiger partial charge >= 0.3 is 220 Å². The molecule has 0 aliphatic carbocycles. The molecule has 0 bridgehead atoms. The Labute approximate surface area is 219 Å². The Morgan fingerprint density at radius 2 is 2.00 bits per heavy atom. The molecular weight excluding hydrogens is 543 g/mol. The predicted molar refractivity (Wildman–Crippen MR) is 145 cm³/mol. The van der Waals surface area contributed by atoms with Crippen LogP contribution >= 0.6 is 0 Å². The fourth-order valence-corrected chi connectivity index (χ4v) is 7.44. The third-order valence-corrected chi connectivity index (χ3v) is 9.36. The molecule has 9 heteroatoms. The summed E-state index contributed by atoms with van der Waals surface area (Å²) in [7, 11) is -2.31. The van der Waals surface area contributed by atoms with Gasteiger partial charge in [0.05, 0.1) is 0 Å². The first kappa shape index (κ1) is 26.5. The summed E-state index contributed by atoms with van der Waals surface area (Å²) in [5.74, 6) is 2.05. The number of nitrogens with zero attached hydrogens (tertiary/aromatic N) is 2. The van der Waals surface area contributed by atoms with Crippen LogP contribution in [-0.2, 0) is 16.7 Å². The summed E-state index contributed by atoms with van der Waals surface area (Å²) < 4.78 is 48.5. The summed E-state index contributed by atoms with van der Waals surface area (Å²) >= 11 is 0.150. The van der Waals surface area contributed by atoms with Gasteiger partial charge in [-0.1, -0.05) is 0 Å². The monoisotopic (exact) mass is 577 g/mol. The third kappa shape index (κ3) is 5.70. The fraction of sp³-hybridized carbons (Fsp3) is 0.370. The number of methoxy groups -OCH3 is 1. The van der Waals surface area contributed by atoms with E-state index < -0.39 is 10.1 Å². The van der Waals surface area contributed by atoms with E-state index in [-0.39, 0.29) is 20.3 Å². The molecule has 7 nitrogen and oxygen atoms in total. The quantitative estimate of drug-likeness (QED) is 0.227. The molecule has 1 N–H and O–H groups in total. The van der Waals surface area contributed by atoms with Crippen molar-refractivity contribution < 1.29 is 27.0 Å². The van der Waals surface area contributed by atoms with Crippen molar-refractivity contribution in [2.45, 2.75) is 47.1 Å². The molecule has 192 valence electrons. The van der Waals surface area contributed by atoms with Gasteiger partial charge in [-0.25, -0.2) is 0 Å². The molecule has 2 heterocycles.